The molecule has 0 aliphatic heterocycles. The van der Waals surface area contributed by atoms with Gasteiger partial charge in [0.05, 0.1) is 5.57 Å². The Morgan fingerprint density at radius 3 is 2.13 bits per heavy atom. The Labute approximate surface area is 153 Å². The summed E-state index contributed by atoms with van der Waals surface area (Å²) in [6, 6.07) is 5.63. The smallest absolute Gasteiger partial charge is 0.745 e. The molecule has 0 aromatic heterocycles. The van der Waals surface area contributed by atoms with Gasteiger partial charge in [-0.3, -0.25) is 9.59 Å². The Balaban J connectivity index is 0.00000192. The van der Waals surface area contributed by atoms with Gasteiger partial charge in [-0.25, -0.2) is 8.42 Å². The van der Waals surface area contributed by atoms with E-state index in [4.69, 9.17) is 0 Å². The number of benzene rings is 1. The Morgan fingerprint density at radius 1 is 1.09 bits per heavy atom. The first-order valence-corrected chi connectivity index (χ1v) is 7.57. The number of fused-ring (bicyclic) bond motifs is 1. The molecule has 3 rings (SSSR count). The number of aliphatic hydroxyl groups excluding tert-OH is 1. The second kappa shape index (κ2) is 5.75. The minimum atomic E-state index is -5.53. The van der Waals surface area contributed by atoms with Gasteiger partial charge in [0.1, 0.15) is 16.2 Å². The summed E-state index contributed by atoms with van der Waals surface area (Å²) in [5.41, 5.74) is -1.40. The van der Waals surface area contributed by atoms with E-state index in [0.29, 0.717) is 0 Å². The van der Waals surface area contributed by atoms with Crippen molar-refractivity contribution in [1.29, 1.82) is 0 Å². The van der Waals surface area contributed by atoms with Gasteiger partial charge in [-0.1, -0.05) is 36.4 Å². The zero-order valence-corrected chi connectivity index (χ0v) is 14.7. The van der Waals surface area contributed by atoms with Crippen LogP contribution < -0.4 is 29.6 Å². The van der Waals surface area contributed by atoms with Crippen LogP contribution >= 0.6 is 0 Å². The number of carbonyl (C=O) groups excluding carboxylic acids is 2. The summed E-state index contributed by atoms with van der Waals surface area (Å²) >= 11 is 0. The maximum absolute atomic E-state index is 12.5. The van der Waals surface area contributed by atoms with Gasteiger partial charge in [-0.2, -0.15) is 0 Å². The molecule has 2 atom stereocenters. The third-order valence-corrected chi connectivity index (χ3v) is 4.95. The molecule has 0 saturated carbocycles. The van der Waals surface area contributed by atoms with E-state index in [1.54, 1.807) is 0 Å². The first kappa shape index (κ1) is 18.2. The Bertz CT molecular complexity index is 884. The van der Waals surface area contributed by atoms with Crippen LogP contribution in [0.2, 0.25) is 0 Å². The topological polar surface area (TPSA) is 132 Å². The fourth-order valence-electron chi connectivity index (χ4n) is 2.65. The van der Waals surface area contributed by atoms with Crippen molar-refractivity contribution in [2.45, 2.75) is 11.0 Å². The molecule has 9 heteroatoms. The third-order valence-electron chi connectivity index (χ3n) is 3.74. The van der Waals surface area contributed by atoms with E-state index in [2.05, 4.69) is 0 Å². The van der Waals surface area contributed by atoms with Crippen LogP contribution in [0.3, 0.4) is 0 Å². The number of hydrogen-bond donors (Lipinski definition) is 2. The third kappa shape index (κ3) is 2.38. The largest absolute Gasteiger partial charge is 1.00 e. The zero-order valence-electron chi connectivity index (χ0n) is 11.9. The fraction of sp³-hybridized carbons (Fsp3) is 0.143. The maximum atomic E-state index is 12.5. The van der Waals surface area contributed by atoms with Crippen LogP contribution in [-0.2, 0) is 10.1 Å². The van der Waals surface area contributed by atoms with E-state index in [9.17, 15) is 32.8 Å². The van der Waals surface area contributed by atoms with Gasteiger partial charge in [-0.05, 0) is 0 Å². The number of hydrogen-bond acceptors (Lipinski definition) is 7. The monoisotopic (exact) mass is 344 g/mol. The summed E-state index contributed by atoms with van der Waals surface area (Å²) in [6.07, 6.45) is -0.306. The van der Waals surface area contributed by atoms with Crippen molar-refractivity contribution in [2.24, 2.45) is 0 Å². The molecule has 0 saturated heterocycles. The molecule has 0 fully saturated rings. The van der Waals surface area contributed by atoms with Crippen molar-refractivity contribution in [2.75, 3.05) is 0 Å². The van der Waals surface area contributed by atoms with Gasteiger partial charge in [0.15, 0.2) is 11.6 Å². The molecule has 2 aliphatic carbocycles. The predicted molar refractivity (Wildman–Crippen MR) is 71.9 cm³/mol. The Hall–Kier alpha value is -1.13. The maximum Gasteiger partial charge on any atom is 1.00 e. The van der Waals surface area contributed by atoms with Crippen LogP contribution in [-0.4, -0.2) is 45.8 Å². The summed E-state index contributed by atoms with van der Waals surface area (Å²) < 4.78 is 34.3. The standard InChI is InChI=1S/C14H10O7S.Na/c15-10-6-5-9-11(14(10,18)22(19,20)21)13(17)8-4-2-1-3-7(8)12(9)16;/h1-6,10,15,18H,(H,19,20,21);/q;+1/p-1. The quantitative estimate of drug-likeness (QED) is 0.400. The van der Waals surface area contributed by atoms with Crippen LogP contribution in [0.4, 0.5) is 0 Å². The molecule has 2 N–H and O–H groups in total. The molecule has 1 aromatic rings. The van der Waals surface area contributed by atoms with Gasteiger partial charge in [0.2, 0.25) is 4.93 Å². The first-order chi connectivity index (χ1) is 10.2. The van der Waals surface area contributed by atoms with Crippen molar-refractivity contribution < 1.29 is 62.3 Å². The van der Waals surface area contributed by atoms with Crippen LogP contribution in [0.1, 0.15) is 20.7 Å². The normalized spacial score (nSPS) is 26.5. The second-order valence-electron chi connectivity index (χ2n) is 4.95. The number of allylic oxidation sites excluding steroid dienone is 2. The van der Waals surface area contributed by atoms with Gasteiger partial charge >= 0.3 is 29.6 Å². The summed E-state index contributed by atoms with van der Waals surface area (Å²) in [5.74, 6) is -1.68. The summed E-state index contributed by atoms with van der Waals surface area (Å²) in [7, 11) is -5.53. The molecule has 0 radical (unpaired) electrons. The van der Waals surface area contributed by atoms with Crippen molar-refractivity contribution in [1.82, 2.24) is 0 Å². The minimum Gasteiger partial charge on any atom is -0.745 e. The van der Waals surface area contributed by atoms with Crippen molar-refractivity contribution in [3.63, 3.8) is 0 Å². The number of Topliss-reactive ketones (excluding diaryl/α,β-unsaturated/α-hetero) is 2. The summed E-state index contributed by atoms with van der Waals surface area (Å²) in [5, 5.41) is 20.0. The predicted octanol–water partition coefficient (Wildman–Crippen LogP) is -3.47. The molecular weight excluding hydrogens is 335 g/mol. The number of rotatable bonds is 1. The SMILES string of the molecule is O=C1C2=C(C(=O)c3ccccc31)C(O)(S(=O)(=O)[O-])C(O)C=C2.[Na+]. The molecule has 1 aromatic carbocycles. The summed E-state index contributed by atoms with van der Waals surface area (Å²) in [6.45, 7) is 0. The van der Waals surface area contributed by atoms with Crippen LogP contribution in [0.5, 0.6) is 0 Å². The van der Waals surface area contributed by atoms with Gasteiger partial charge in [0, 0.05) is 16.7 Å². The molecule has 0 amide bonds. The van der Waals surface area contributed by atoms with E-state index in [0.717, 1.165) is 12.2 Å². The second-order valence-corrected chi connectivity index (χ2v) is 6.48. The molecule has 2 unspecified atom stereocenters. The van der Waals surface area contributed by atoms with E-state index in [-0.39, 0.29) is 40.7 Å². The van der Waals surface area contributed by atoms with Gasteiger partial charge in [-0.15, -0.1) is 0 Å². The van der Waals surface area contributed by atoms with E-state index >= 15 is 0 Å². The first-order valence-electron chi connectivity index (χ1n) is 6.17. The van der Waals surface area contributed by atoms with Gasteiger partial charge < -0.3 is 14.8 Å². The van der Waals surface area contributed by atoms with Crippen LogP contribution in [0.15, 0.2) is 47.6 Å². The zero-order chi connectivity index (χ0) is 16.3. The molecule has 114 valence electrons. The Morgan fingerprint density at radius 2 is 1.61 bits per heavy atom. The molecule has 0 heterocycles. The van der Waals surface area contributed by atoms with Crippen LogP contribution in [0, 0.1) is 0 Å². The minimum absolute atomic E-state index is 0. The average molecular weight is 344 g/mol. The molecule has 0 bridgehead atoms. The van der Waals surface area contributed by atoms with Gasteiger partial charge in [0.25, 0.3) is 0 Å². The van der Waals surface area contributed by atoms with Crippen molar-refractivity contribution in [3.05, 3.63) is 58.7 Å². The number of aliphatic hydroxyl groups is 2. The fourth-order valence-corrected chi connectivity index (χ4v) is 3.47. The molecule has 0 spiro atoms. The molecular formula is C14H9NaO7S. The van der Waals surface area contributed by atoms with E-state index < -0.39 is 43.9 Å². The number of carbonyl (C=O) groups is 2. The molecule has 23 heavy (non-hydrogen) atoms. The van der Waals surface area contributed by atoms with E-state index in [1.165, 1.54) is 24.3 Å². The number of ketones is 2. The van der Waals surface area contributed by atoms with E-state index in [1.807, 2.05) is 0 Å². The van der Waals surface area contributed by atoms with Crippen LogP contribution in [0.25, 0.3) is 0 Å². The Kier molecular flexibility index (Phi) is 4.55. The summed E-state index contributed by atoms with van der Waals surface area (Å²) in [4.78, 5) is 21.5. The molecule has 2 aliphatic rings. The van der Waals surface area contributed by atoms with Crippen molar-refractivity contribution in [3.8, 4) is 0 Å². The van der Waals surface area contributed by atoms with Crippen molar-refractivity contribution >= 4 is 21.7 Å². The molecule has 7 nitrogen and oxygen atoms in total. The average Bonchev–Trinajstić information content (AvgIpc) is 2.46.